The lowest BCUT2D eigenvalue weighted by Gasteiger charge is -2.03. The number of benzene rings is 2. The Balaban J connectivity index is 1.50. The molecule has 0 bridgehead atoms. The third-order valence-electron chi connectivity index (χ3n) is 4.37. The molecule has 160 valence electrons. The molecule has 0 saturated heterocycles. The fourth-order valence-corrected chi connectivity index (χ4v) is 3.95. The lowest BCUT2D eigenvalue weighted by atomic mass is 10.2. The molecule has 0 aliphatic carbocycles. The maximum Gasteiger partial charge on any atom is 0.471 e. The summed E-state index contributed by atoms with van der Waals surface area (Å²) in [5.41, 5.74) is 1.82. The molecule has 31 heavy (non-hydrogen) atoms. The van der Waals surface area contributed by atoms with Crippen LogP contribution >= 0.6 is 0 Å². The molecule has 0 spiro atoms. The van der Waals surface area contributed by atoms with Gasteiger partial charge in [-0.15, -0.1) is 0 Å². The molecule has 1 unspecified atom stereocenters. The van der Waals surface area contributed by atoms with E-state index in [2.05, 4.69) is 24.1 Å². The molecule has 0 fully saturated rings. The van der Waals surface area contributed by atoms with Crippen molar-refractivity contribution in [2.75, 3.05) is 6.26 Å². The summed E-state index contributed by atoms with van der Waals surface area (Å²) in [6.45, 7) is 0.228. The van der Waals surface area contributed by atoms with Crippen LogP contribution in [0.25, 0.3) is 17.1 Å². The van der Waals surface area contributed by atoms with Crippen LogP contribution in [0.5, 0.6) is 0 Å². The van der Waals surface area contributed by atoms with Crippen LogP contribution in [0.2, 0.25) is 0 Å². The highest BCUT2D eigenvalue weighted by Gasteiger charge is 2.38. The second kappa shape index (κ2) is 7.99. The van der Waals surface area contributed by atoms with Gasteiger partial charge in [-0.3, -0.25) is 0 Å². The van der Waals surface area contributed by atoms with Gasteiger partial charge in [0.2, 0.25) is 5.82 Å². The molecule has 2 heterocycles. The first-order valence-corrected chi connectivity index (χ1v) is 10.9. The SMILES string of the molecule is CS(=O)(=NCc1cnn(-c2ccc(-c3noc(C(F)(F)F)n3)cc2)c1)c1ccccc1. The topological polar surface area (TPSA) is 86.2 Å². The number of aromatic nitrogens is 4. The minimum Gasteiger partial charge on any atom is -0.329 e. The first-order valence-electron chi connectivity index (χ1n) is 9.01. The van der Waals surface area contributed by atoms with Gasteiger partial charge < -0.3 is 4.52 Å². The predicted molar refractivity (Wildman–Crippen MR) is 107 cm³/mol. The zero-order valence-electron chi connectivity index (χ0n) is 16.2. The van der Waals surface area contributed by atoms with Crippen molar-refractivity contribution in [2.24, 2.45) is 4.36 Å². The Morgan fingerprint density at radius 3 is 2.45 bits per heavy atom. The van der Waals surface area contributed by atoms with Gasteiger partial charge >= 0.3 is 12.1 Å². The van der Waals surface area contributed by atoms with E-state index in [1.54, 1.807) is 59.7 Å². The van der Waals surface area contributed by atoms with Crippen molar-refractivity contribution >= 4 is 9.73 Å². The molecule has 0 aliphatic rings. The van der Waals surface area contributed by atoms with Crippen LogP contribution in [-0.4, -0.2) is 30.4 Å². The number of nitrogens with zero attached hydrogens (tertiary/aromatic N) is 5. The molecule has 2 aromatic heterocycles. The third-order valence-corrected chi connectivity index (χ3v) is 6.14. The van der Waals surface area contributed by atoms with Crippen LogP contribution in [0.1, 0.15) is 11.5 Å². The summed E-state index contributed by atoms with van der Waals surface area (Å²) in [5.74, 6) is -1.55. The minimum atomic E-state index is -4.69. The smallest absolute Gasteiger partial charge is 0.329 e. The summed E-state index contributed by atoms with van der Waals surface area (Å²) >= 11 is 0. The van der Waals surface area contributed by atoms with Crippen molar-refractivity contribution in [3.63, 3.8) is 0 Å². The first kappa shape index (κ1) is 20.8. The van der Waals surface area contributed by atoms with Gasteiger partial charge in [-0.2, -0.15) is 23.3 Å². The molecule has 7 nitrogen and oxygen atoms in total. The highest BCUT2D eigenvalue weighted by atomic mass is 32.2. The second-order valence-electron chi connectivity index (χ2n) is 6.66. The zero-order chi connectivity index (χ0) is 22.1. The fraction of sp³-hybridized carbons (Fsp3) is 0.150. The number of rotatable bonds is 5. The van der Waals surface area contributed by atoms with E-state index in [0.29, 0.717) is 16.1 Å². The standard InChI is InChI=1S/C20H16F3N5O2S/c1-31(29,17-5-3-2-4-6-17)25-12-14-11-24-28(13-14)16-9-7-15(8-10-16)18-26-19(30-27-18)20(21,22)23/h2-11,13H,12H2,1H3. The highest BCUT2D eigenvalue weighted by Crippen LogP contribution is 2.29. The molecule has 0 saturated carbocycles. The molecule has 1 atom stereocenters. The molecule has 0 radical (unpaired) electrons. The van der Waals surface area contributed by atoms with Crippen molar-refractivity contribution in [1.29, 1.82) is 0 Å². The summed E-state index contributed by atoms with van der Waals surface area (Å²) in [6.07, 6.45) is 0.263. The Labute approximate surface area is 175 Å². The molecule has 4 rings (SSSR count). The summed E-state index contributed by atoms with van der Waals surface area (Å²) in [4.78, 5) is 4.03. The first-order chi connectivity index (χ1) is 14.7. The largest absolute Gasteiger partial charge is 0.471 e. The maximum absolute atomic E-state index is 12.8. The predicted octanol–water partition coefficient (Wildman–Crippen LogP) is 4.60. The van der Waals surface area contributed by atoms with Crippen LogP contribution < -0.4 is 0 Å². The molecule has 11 heteroatoms. The lowest BCUT2D eigenvalue weighted by molar-refractivity contribution is -0.159. The average Bonchev–Trinajstić information content (AvgIpc) is 3.43. The van der Waals surface area contributed by atoms with Crippen LogP contribution in [0.4, 0.5) is 13.2 Å². The molecule has 2 aromatic carbocycles. The molecular formula is C20H16F3N5O2S. The van der Waals surface area contributed by atoms with E-state index in [1.807, 2.05) is 18.2 Å². The van der Waals surface area contributed by atoms with Crippen molar-refractivity contribution in [3.05, 3.63) is 78.4 Å². The monoisotopic (exact) mass is 447 g/mol. The Bertz CT molecular complexity index is 1300. The average molecular weight is 447 g/mol. The zero-order valence-corrected chi connectivity index (χ0v) is 17.0. The van der Waals surface area contributed by atoms with Crippen molar-refractivity contribution in [2.45, 2.75) is 17.6 Å². The van der Waals surface area contributed by atoms with Crippen LogP contribution in [-0.2, 0) is 22.5 Å². The van der Waals surface area contributed by atoms with E-state index in [-0.39, 0.29) is 12.4 Å². The Morgan fingerprint density at radius 1 is 1.10 bits per heavy atom. The number of halogens is 3. The summed E-state index contributed by atoms with van der Waals surface area (Å²) in [7, 11) is -2.52. The number of hydrogen-bond donors (Lipinski definition) is 0. The van der Waals surface area contributed by atoms with Crippen LogP contribution in [0.15, 0.2) is 80.8 Å². The van der Waals surface area contributed by atoms with Gasteiger partial charge in [-0.05, 0) is 36.4 Å². The van der Waals surface area contributed by atoms with E-state index in [4.69, 9.17) is 0 Å². The van der Waals surface area contributed by atoms with E-state index >= 15 is 0 Å². The van der Waals surface area contributed by atoms with Gasteiger partial charge in [0.1, 0.15) is 0 Å². The van der Waals surface area contributed by atoms with Gasteiger partial charge in [-0.1, -0.05) is 23.4 Å². The van der Waals surface area contributed by atoms with Gasteiger partial charge in [0.05, 0.1) is 28.2 Å². The third kappa shape index (κ3) is 4.66. The van der Waals surface area contributed by atoms with Crippen molar-refractivity contribution < 1.29 is 21.9 Å². The van der Waals surface area contributed by atoms with Gasteiger partial charge in [-0.25, -0.2) is 13.3 Å². The maximum atomic E-state index is 12.8. The lowest BCUT2D eigenvalue weighted by Crippen LogP contribution is -2.04. The molecule has 0 N–H and O–H groups in total. The van der Waals surface area contributed by atoms with E-state index < -0.39 is 21.8 Å². The Hall–Kier alpha value is -3.47. The molecule has 0 aliphatic heterocycles. The van der Waals surface area contributed by atoms with Crippen LogP contribution in [0, 0.1) is 0 Å². The molecule has 0 amide bonds. The van der Waals surface area contributed by atoms with Crippen molar-refractivity contribution in [1.82, 2.24) is 19.9 Å². The fourth-order valence-electron chi connectivity index (χ4n) is 2.75. The van der Waals surface area contributed by atoms with E-state index in [9.17, 15) is 17.4 Å². The van der Waals surface area contributed by atoms with Gasteiger partial charge in [0, 0.05) is 28.5 Å². The normalized spacial score (nSPS) is 13.7. The molecule has 4 aromatic rings. The Kier molecular flexibility index (Phi) is 5.36. The summed E-state index contributed by atoms with van der Waals surface area (Å²) in [5, 5.41) is 7.63. The summed E-state index contributed by atoms with van der Waals surface area (Å²) in [6, 6.07) is 15.5. The quantitative estimate of drug-likeness (QED) is 0.446. The van der Waals surface area contributed by atoms with Crippen LogP contribution in [0.3, 0.4) is 0 Å². The minimum absolute atomic E-state index is 0.155. The van der Waals surface area contributed by atoms with E-state index in [0.717, 1.165) is 5.56 Å². The molecular weight excluding hydrogens is 431 g/mol. The summed E-state index contributed by atoms with van der Waals surface area (Å²) < 4.78 is 60.8. The van der Waals surface area contributed by atoms with Crippen molar-refractivity contribution in [3.8, 4) is 17.1 Å². The van der Waals surface area contributed by atoms with Gasteiger partial charge in [0.25, 0.3) is 0 Å². The number of hydrogen-bond acceptors (Lipinski definition) is 6. The Morgan fingerprint density at radius 2 is 1.81 bits per heavy atom. The second-order valence-corrected chi connectivity index (χ2v) is 9.00. The number of alkyl halides is 3. The van der Waals surface area contributed by atoms with E-state index in [1.165, 1.54) is 0 Å². The van der Waals surface area contributed by atoms with Gasteiger partial charge in [0.15, 0.2) is 0 Å². The highest BCUT2D eigenvalue weighted by molar-refractivity contribution is 7.93.